The maximum absolute atomic E-state index is 12.7. The number of nitrogens with one attached hydrogen (secondary N) is 1. The van der Waals surface area contributed by atoms with Crippen LogP contribution in [0.3, 0.4) is 0 Å². The van der Waals surface area contributed by atoms with Gasteiger partial charge in [0.2, 0.25) is 0 Å². The second-order valence-electron chi connectivity index (χ2n) is 8.75. The third-order valence-electron chi connectivity index (χ3n) is 6.13. The Kier molecular flexibility index (Phi) is 8.33. The molecule has 0 aliphatic heterocycles. The normalized spacial score (nSPS) is 11.3. The summed E-state index contributed by atoms with van der Waals surface area (Å²) in [6, 6.07) is 23.7. The van der Waals surface area contributed by atoms with Crippen LogP contribution in [0, 0.1) is 3.57 Å². The van der Waals surface area contributed by atoms with Gasteiger partial charge in [-0.05, 0) is 81.2 Å². The summed E-state index contributed by atoms with van der Waals surface area (Å²) in [5.74, 6) is 0.956. The van der Waals surface area contributed by atoms with Gasteiger partial charge in [-0.15, -0.1) is 6.58 Å². The molecule has 0 spiro atoms. The van der Waals surface area contributed by atoms with E-state index in [0.29, 0.717) is 30.1 Å². The molecule has 0 fully saturated rings. The topological polar surface area (TPSA) is 73.1 Å². The van der Waals surface area contributed by atoms with Crippen LogP contribution in [0.5, 0.6) is 11.5 Å². The third kappa shape index (κ3) is 6.02. The van der Waals surface area contributed by atoms with Crippen LogP contribution in [0.1, 0.15) is 27.2 Å². The van der Waals surface area contributed by atoms with E-state index in [1.807, 2.05) is 48.5 Å². The number of amides is 1. The summed E-state index contributed by atoms with van der Waals surface area (Å²) < 4.78 is 19.5. The highest BCUT2D eigenvalue weighted by Gasteiger charge is 2.16. The van der Waals surface area contributed by atoms with Gasteiger partial charge in [0.25, 0.3) is 0 Å². The molecule has 1 heterocycles. The largest absolute Gasteiger partial charge is 0.493 e. The first-order chi connectivity index (χ1) is 19.0. The number of halogens is 2. The Hall–Kier alpha value is -3.63. The quantitative estimate of drug-likeness (QED) is 0.0734. The summed E-state index contributed by atoms with van der Waals surface area (Å²) >= 11 is 5.64. The number of carbonyl (C=O) groups is 1. The number of rotatable bonds is 9. The highest BCUT2D eigenvalue weighted by molar-refractivity contribution is 14.1. The van der Waals surface area contributed by atoms with Crippen molar-refractivity contribution in [3.05, 3.63) is 116 Å². The zero-order valence-corrected chi connectivity index (χ0v) is 24.8. The molecule has 6 nitrogen and oxygen atoms in total. The summed E-state index contributed by atoms with van der Waals surface area (Å²) in [6.07, 6.45) is 3.94. The lowest BCUT2D eigenvalue weighted by molar-refractivity contribution is 0.0929. The first kappa shape index (κ1) is 27.0. The van der Waals surface area contributed by atoms with E-state index >= 15 is 0 Å². The standard InChI is InChI=1S/C31H24BrIN2O4/c1-3-7-21-12-19(17-34-35-31(36)28-15-23-14-24(32)16-26(33)29(23)39-28)13-27(37-2)30(21)38-18-22-10-6-9-20-8-4-5-11-25(20)22/h3-6,8-17H,1,7,18H2,2H3,(H,35,36)/b34-17-. The monoisotopic (exact) mass is 694 g/mol. The highest BCUT2D eigenvalue weighted by Crippen LogP contribution is 2.34. The van der Waals surface area contributed by atoms with Crippen molar-refractivity contribution in [1.29, 1.82) is 0 Å². The van der Waals surface area contributed by atoms with Gasteiger partial charge in [-0.3, -0.25) is 4.79 Å². The fourth-order valence-corrected chi connectivity index (χ4v) is 6.02. The van der Waals surface area contributed by atoms with Crippen molar-refractivity contribution in [3.63, 3.8) is 0 Å². The van der Waals surface area contributed by atoms with Crippen LogP contribution < -0.4 is 14.9 Å². The van der Waals surface area contributed by atoms with Crippen LogP contribution in [0.25, 0.3) is 21.7 Å². The van der Waals surface area contributed by atoms with E-state index in [0.717, 1.165) is 40.9 Å². The van der Waals surface area contributed by atoms with Gasteiger partial charge in [0.15, 0.2) is 17.3 Å². The maximum atomic E-state index is 12.7. The van der Waals surface area contributed by atoms with Crippen molar-refractivity contribution in [2.45, 2.75) is 13.0 Å². The predicted molar refractivity (Wildman–Crippen MR) is 167 cm³/mol. The number of furan rings is 1. The number of fused-ring (bicyclic) bond motifs is 2. The van der Waals surface area contributed by atoms with Crippen molar-refractivity contribution in [2.75, 3.05) is 7.11 Å². The molecule has 0 saturated carbocycles. The Bertz CT molecular complexity index is 1720. The molecule has 0 atom stereocenters. The van der Waals surface area contributed by atoms with Gasteiger partial charge in [0.05, 0.1) is 16.9 Å². The molecule has 0 unspecified atom stereocenters. The number of benzene rings is 4. The van der Waals surface area contributed by atoms with Gasteiger partial charge < -0.3 is 13.9 Å². The van der Waals surface area contributed by atoms with Crippen LogP contribution in [-0.2, 0) is 13.0 Å². The molecule has 0 bridgehead atoms. The van der Waals surface area contributed by atoms with E-state index in [-0.39, 0.29) is 5.76 Å². The lowest BCUT2D eigenvalue weighted by Gasteiger charge is -2.16. The minimum absolute atomic E-state index is 0.181. The van der Waals surface area contributed by atoms with Crippen molar-refractivity contribution < 1.29 is 18.7 Å². The Morgan fingerprint density at radius 1 is 1.08 bits per heavy atom. The zero-order chi connectivity index (χ0) is 27.4. The van der Waals surface area contributed by atoms with Gasteiger partial charge in [-0.2, -0.15) is 5.10 Å². The summed E-state index contributed by atoms with van der Waals surface area (Å²) in [4.78, 5) is 12.7. The fraction of sp³-hybridized carbons (Fsp3) is 0.0968. The lowest BCUT2D eigenvalue weighted by atomic mass is 10.0. The van der Waals surface area contributed by atoms with Crippen LogP contribution in [0.2, 0.25) is 0 Å². The molecule has 5 aromatic rings. The molecule has 0 aliphatic rings. The van der Waals surface area contributed by atoms with Crippen LogP contribution in [0.15, 0.2) is 99.4 Å². The highest BCUT2D eigenvalue weighted by atomic mass is 127. The van der Waals surface area contributed by atoms with Crippen LogP contribution in [0.4, 0.5) is 0 Å². The maximum Gasteiger partial charge on any atom is 0.307 e. The molecule has 196 valence electrons. The smallest absolute Gasteiger partial charge is 0.307 e. The Labute approximate surface area is 248 Å². The molecule has 8 heteroatoms. The average Bonchev–Trinajstić information content (AvgIpc) is 3.37. The number of allylic oxidation sites excluding steroid dienone is 1. The van der Waals surface area contributed by atoms with Crippen LogP contribution in [-0.4, -0.2) is 19.2 Å². The second kappa shape index (κ2) is 12.0. The number of carbonyl (C=O) groups excluding carboxylic acids is 1. The van der Waals surface area contributed by atoms with Crippen molar-refractivity contribution in [3.8, 4) is 11.5 Å². The average molecular weight is 695 g/mol. The Morgan fingerprint density at radius 2 is 1.90 bits per heavy atom. The Balaban J connectivity index is 1.35. The number of nitrogens with zero attached hydrogens (tertiary/aromatic N) is 1. The molecular weight excluding hydrogens is 671 g/mol. The minimum atomic E-state index is -0.442. The molecule has 39 heavy (non-hydrogen) atoms. The summed E-state index contributed by atoms with van der Waals surface area (Å²) in [5.41, 5.74) is 5.92. The Morgan fingerprint density at radius 3 is 2.72 bits per heavy atom. The van der Waals surface area contributed by atoms with Gasteiger partial charge in [-0.25, -0.2) is 5.43 Å². The van der Waals surface area contributed by atoms with E-state index in [1.165, 1.54) is 0 Å². The van der Waals surface area contributed by atoms with Gasteiger partial charge in [-0.1, -0.05) is 64.5 Å². The predicted octanol–water partition coefficient (Wildman–Crippen LogP) is 8.03. The van der Waals surface area contributed by atoms with Gasteiger partial charge in [0.1, 0.15) is 12.2 Å². The summed E-state index contributed by atoms with van der Waals surface area (Å²) in [6.45, 7) is 4.28. The van der Waals surface area contributed by atoms with E-state index in [2.05, 4.69) is 79.9 Å². The van der Waals surface area contributed by atoms with Crippen molar-refractivity contribution in [1.82, 2.24) is 5.43 Å². The third-order valence-corrected chi connectivity index (χ3v) is 7.39. The fourth-order valence-electron chi connectivity index (χ4n) is 4.36. The molecule has 5 rings (SSSR count). The van der Waals surface area contributed by atoms with Gasteiger partial charge >= 0.3 is 5.91 Å². The number of ether oxygens (including phenoxy) is 2. The first-order valence-electron chi connectivity index (χ1n) is 12.1. The van der Waals surface area contributed by atoms with E-state index < -0.39 is 5.91 Å². The number of hydrogen-bond acceptors (Lipinski definition) is 5. The van der Waals surface area contributed by atoms with Crippen molar-refractivity contribution in [2.24, 2.45) is 5.10 Å². The molecule has 0 saturated heterocycles. The molecule has 0 aliphatic carbocycles. The molecule has 4 aromatic carbocycles. The summed E-state index contributed by atoms with van der Waals surface area (Å²) in [5, 5.41) is 7.29. The molecule has 0 radical (unpaired) electrons. The van der Waals surface area contributed by atoms with E-state index in [9.17, 15) is 4.79 Å². The molecule has 1 aromatic heterocycles. The first-order valence-corrected chi connectivity index (χ1v) is 14.0. The zero-order valence-electron chi connectivity index (χ0n) is 21.0. The van der Waals surface area contributed by atoms with Crippen LogP contribution >= 0.6 is 38.5 Å². The minimum Gasteiger partial charge on any atom is -0.493 e. The van der Waals surface area contributed by atoms with E-state index in [4.69, 9.17) is 13.9 Å². The molecule has 1 amide bonds. The number of methoxy groups -OCH3 is 1. The SMILES string of the molecule is C=CCc1cc(/C=N\NC(=O)c2cc3cc(Br)cc(I)c3o2)cc(OC)c1OCc1cccc2ccccc12. The van der Waals surface area contributed by atoms with E-state index in [1.54, 1.807) is 19.4 Å². The lowest BCUT2D eigenvalue weighted by Crippen LogP contribution is -2.16. The molecule has 1 N–H and O–H groups in total. The van der Waals surface area contributed by atoms with Gasteiger partial charge in [0, 0.05) is 15.4 Å². The number of hydrogen-bond donors (Lipinski definition) is 1. The van der Waals surface area contributed by atoms with Crippen molar-refractivity contribution >= 4 is 72.4 Å². The summed E-state index contributed by atoms with van der Waals surface area (Å²) in [7, 11) is 1.60. The number of hydrazone groups is 1. The second-order valence-corrected chi connectivity index (χ2v) is 10.8. The molecular formula is C31H24BrIN2O4.